The Morgan fingerprint density at radius 2 is 1.62 bits per heavy atom. The van der Waals surface area contributed by atoms with Crippen molar-refractivity contribution in [2.75, 3.05) is 26.4 Å². The number of nitrogens with one attached hydrogen (secondary N) is 2. The smallest absolute Gasteiger partial charge is 0.328 e. The highest BCUT2D eigenvalue weighted by Gasteiger charge is 2.66. The summed E-state index contributed by atoms with van der Waals surface area (Å²) in [5.74, 6) is -7.90. The number of amides is 3. The van der Waals surface area contributed by atoms with Crippen molar-refractivity contribution < 1.29 is 53.1 Å². The number of Topliss-reactive ketones (excluding diaryl/α,β-unsaturated/α-hetero) is 2. The molecule has 0 aliphatic heterocycles. The number of urea groups is 1. The maximum Gasteiger partial charge on any atom is 0.328 e. The summed E-state index contributed by atoms with van der Waals surface area (Å²) in [7, 11) is -0.820. The first-order valence-corrected chi connectivity index (χ1v) is 22.4. The first-order chi connectivity index (χ1) is 30.1. The van der Waals surface area contributed by atoms with Gasteiger partial charge < -0.3 is 42.3 Å². The third-order valence-electron chi connectivity index (χ3n) is 12.1. The fourth-order valence-electron chi connectivity index (χ4n) is 8.98. The molecule has 0 bridgehead atoms. The number of halogens is 1. The highest BCUT2D eigenvalue weighted by atomic mass is 35.5. The van der Waals surface area contributed by atoms with E-state index in [2.05, 4.69) is 11.4 Å². The number of aromatic hydroxyl groups is 1. The number of nitrogen functional groups attached to an aromatic ring is 1. The Balaban J connectivity index is 0.000000178. The molecule has 1 heterocycles. The molecule has 3 amide bonds. The quantitative estimate of drug-likeness (QED) is 0.123. The number of nitrogens with zero attached hydrogens (tertiary/aromatic N) is 2. The van der Waals surface area contributed by atoms with Crippen LogP contribution in [0.3, 0.4) is 0 Å². The van der Waals surface area contributed by atoms with Crippen LogP contribution >= 0.6 is 11.6 Å². The van der Waals surface area contributed by atoms with E-state index >= 15 is 0 Å². The van der Waals surface area contributed by atoms with E-state index in [0.29, 0.717) is 11.6 Å². The second kappa shape index (κ2) is 18.2. The molecule has 1 saturated carbocycles. The fourth-order valence-corrected chi connectivity index (χ4v) is 10.0. The SMILES string of the molecule is CCCNC(=O)NS(=O)(=O)c1ccc(Cl)cc1.CN(C)[C@@H]1C(=O)C(C(N)=O)=C(O)[C@@]2(O)C(=O)C3=C(O)c4c(O)cccc4[C@@](C)(O)[C@H]3C[C@@H]12.Nc1c2c(nc3ccccc13)CCCC2. The monoisotopic (exact) mass is 918 g/mol. The van der Waals surface area contributed by atoms with Crippen LogP contribution in [0.1, 0.15) is 61.9 Å². The number of hydrogen-bond acceptors (Lipinski definition) is 14. The number of phenols is 1. The van der Waals surface area contributed by atoms with E-state index in [-0.39, 0.29) is 22.4 Å². The highest BCUT2D eigenvalue weighted by Crippen LogP contribution is 2.57. The number of carbonyl (C=O) groups excluding carboxylic acids is 4. The molecule has 5 atom stereocenters. The molecule has 11 N–H and O–H groups in total. The van der Waals surface area contributed by atoms with Crippen LogP contribution in [0.2, 0.25) is 5.02 Å². The minimum atomic E-state index is -3.83. The summed E-state index contributed by atoms with van der Waals surface area (Å²) in [4.78, 5) is 55.9. The molecule has 4 aliphatic carbocycles. The normalized spacial score (nSPS) is 23.7. The number of primary amides is 1. The summed E-state index contributed by atoms with van der Waals surface area (Å²) in [5.41, 5.74) is 10.2. The van der Waals surface area contributed by atoms with E-state index < -0.39 is 91.0 Å². The van der Waals surface area contributed by atoms with Gasteiger partial charge in [-0.05, 0) is 107 Å². The summed E-state index contributed by atoms with van der Waals surface area (Å²) in [5, 5.41) is 58.8. The van der Waals surface area contributed by atoms with Crippen molar-refractivity contribution in [3.05, 3.63) is 111 Å². The van der Waals surface area contributed by atoms with Gasteiger partial charge in [0.25, 0.3) is 15.9 Å². The van der Waals surface area contributed by atoms with Crippen LogP contribution in [0.5, 0.6) is 5.75 Å². The number of sulfonamides is 1. The number of aliphatic hydroxyl groups is 4. The molecular formula is C45H51ClN6O11S. The zero-order valence-electron chi connectivity index (χ0n) is 35.6. The second-order valence-electron chi connectivity index (χ2n) is 16.5. The molecule has 340 valence electrons. The largest absolute Gasteiger partial charge is 0.508 e. The summed E-state index contributed by atoms with van der Waals surface area (Å²) in [6, 6.07) is 16.0. The number of hydrogen-bond donors (Lipinski definition) is 9. The van der Waals surface area contributed by atoms with Gasteiger partial charge in [0.05, 0.1) is 27.6 Å². The average Bonchev–Trinajstić information content (AvgIpc) is 3.23. The highest BCUT2D eigenvalue weighted by molar-refractivity contribution is 7.90. The maximum atomic E-state index is 13.7. The van der Waals surface area contributed by atoms with Gasteiger partial charge in [-0.25, -0.2) is 17.9 Å². The molecule has 1 aromatic heterocycles. The lowest BCUT2D eigenvalue weighted by atomic mass is 9.54. The van der Waals surface area contributed by atoms with E-state index in [9.17, 15) is 53.1 Å². The van der Waals surface area contributed by atoms with Crippen molar-refractivity contribution in [1.82, 2.24) is 19.9 Å². The Hall–Kier alpha value is -6.05. The number of likely N-dealkylation sites (N-methyl/N-ethyl adjacent to an activating group) is 1. The van der Waals surface area contributed by atoms with Gasteiger partial charge in [-0.1, -0.05) is 48.9 Å². The predicted octanol–water partition coefficient (Wildman–Crippen LogP) is 4.06. The third kappa shape index (κ3) is 8.50. The lowest BCUT2D eigenvalue weighted by Crippen LogP contribution is -2.67. The first-order valence-electron chi connectivity index (χ1n) is 20.5. The second-order valence-corrected chi connectivity index (χ2v) is 18.6. The Morgan fingerprint density at radius 1 is 0.969 bits per heavy atom. The Kier molecular flexibility index (Phi) is 13.5. The molecule has 1 fully saturated rings. The van der Waals surface area contributed by atoms with Crippen molar-refractivity contribution in [3.8, 4) is 5.75 Å². The fraction of sp³-hybridized carbons (Fsp3) is 0.356. The maximum absolute atomic E-state index is 13.7. The van der Waals surface area contributed by atoms with E-state index in [4.69, 9.17) is 28.1 Å². The summed E-state index contributed by atoms with van der Waals surface area (Å²) in [6.07, 6.45) is 5.21. The number of carbonyl (C=O) groups is 4. The van der Waals surface area contributed by atoms with Crippen LogP contribution in [0, 0.1) is 11.8 Å². The van der Waals surface area contributed by atoms with Crippen LogP contribution in [-0.2, 0) is 42.8 Å². The molecule has 0 radical (unpaired) electrons. The lowest BCUT2D eigenvalue weighted by Gasteiger charge is -2.53. The molecule has 64 heavy (non-hydrogen) atoms. The average molecular weight is 919 g/mol. The zero-order chi connectivity index (χ0) is 47.1. The first kappa shape index (κ1) is 47.4. The molecule has 19 heteroatoms. The number of anilines is 1. The number of rotatable bonds is 6. The van der Waals surface area contributed by atoms with Crippen molar-refractivity contribution in [2.45, 2.75) is 74.5 Å². The van der Waals surface area contributed by atoms with E-state index in [1.807, 2.05) is 29.8 Å². The van der Waals surface area contributed by atoms with Gasteiger partial charge in [-0.3, -0.25) is 24.3 Å². The van der Waals surface area contributed by atoms with Crippen molar-refractivity contribution in [1.29, 1.82) is 0 Å². The number of fused-ring (bicyclic) bond motifs is 5. The van der Waals surface area contributed by atoms with Gasteiger partial charge in [0.1, 0.15) is 22.8 Å². The molecule has 0 spiro atoms. The van der Waals surface area contributed by atoms with Crippen molar-refractivity contribution >= 4 is 67.5 Å². The lowest BCUT2D eigenvalue weighted by molar-refractivity contribution is -0.159. The standard InChI is InChI=1S/C22H24N2O8.C13H14N2.C10H13ClN2O3S/c1-21(31)8-5-4-6-11(25)12(8)16(26)13-9(21)7-10-15(24(2)3)17(27)14(20(23)30)19(29)22(10,32)18(13)28;14-13-9-5-1-3-7-11(9)15-12-8-4-2-6-10(12)13;1-2-7-12-10(14)13-17(15,16)9-5-3-8(11)4-6-9/h4-6,9-10,15,25-26,29,31-32H,7H2,1-3H3,(H2,23,30);1,3,5,7H,2,4,6,8H2,(H2,14,15);3-6H,2,7H2,1H3,(H2,12,13,14)/t9-,10-,15-,21+,22-;;/m0../s1. The van der Waals surface area contributed by atoms with E-state index in [0.717, 1.165) is 35.9 Å². The molecule has 4 aromatic rings. The molecule has 8 rings (SSSR count). The third-order valence-corrected chi connectivity index (χ3v) is 13.7. The molecule has 0 saturated heterocycles. The van der Waals surface area contributed by atoms with Gasteiger partial charge in [0.15, 0.2) is 11.4 Å². The van der Waals surface area contributed by atoms with Crippen LogP contribution in [0.15, 0.2) is 88.5 Å². The number of para-hydroxylation sites is 1. The summed E-state index contributed by atoms with van der Waals surface area (Å²) < 4.78 is 25.3. The van der Waals surface area contributed by atoms with Gasteiger partial charge in [0, 0.05) is 45.7 Å². The number of phenolic OH excluding ortho intramolecular Hbond substituents is 1. The van der Waals surface area contributed by atoms with Crippen LogP contribution in [0.25, 0.3) is 16.7 Å². The van der Waals surface area contributed by atoms with E-state index in [1.165, 1.54) is 92.5 Å². The van der Waals surface area contributed by atoms with Gasteiger partial charge in [0.2, 0.25) is 5.78 Å². The Bertz CT molecular complexity index is 2720. The number of pyridine rings is 1. The van der Waals surface area contributed by atoms with Crippen molar-refractivity contribution in [2.24, 2.45) is 17.6 Å². The minimum absolute atomic E-state index is 0.00597. The Labute approximate surface area is 374 Å². The number of aliphatic hydroxyl groups excluding tert-OH is 2. The minimum Gasteiger partial charge on any atom is -0.508 e. The van der Waals surface area contributed by atoms with Crippen LogP contribution in [-0.4, -0.2) is 99.6 Å². The van der Waals surface area contributed by atoms with Gasteiger partial charge in [-0.15, -0.1) is 0 Å². The number of ketones is 2. The number of aryl methyl sites for hydroxylation is 1. The summed E-state index contributed by atoms with van der Waals surface area (Å²) >= 11 is 5.64. The van der Waals surface area contributed by atoms with E-state index in [1.54, 1.807) is 0 Å². The van der Waals surface area contributed by atoms with Crippen molar-refractivity contribution in [3.63, 3.8) is 0 Å². The molecular weight excluding hydrogens is 868 g/mol. The topological polar surface area (TPSA) is 296 Å². The zero-order valence-corrected chi connectivity index (χ0v) is 37.1. The van der Waals surface area contributed by atoms with Crippen LogP contribution < -0.4 is 21.5 Å². The predicted molar refractivity (Wildman–Crippen MR) is 238 cm³/mol. The molecule has 3 aromatic carbocycles. The van der Waals surface area contributed by atoms with Gasteiger partial charge in [-0.2, -0.15) is 0 Å². The number of nitrogens with two attached hydrogens (primary N) is 2. The Morgan fingerprint density at radius 3 is 2.27 bits per heavy atom. The number of aromatic nitrogens is 1. The summed E-state index contributed by atoms with van der Waals surface area (Å²) in [6.45, 7) is 3.69. The molecule has 17 nitrogen and oxygen atoms in total. The molecule has 0 unspecified atom stereocenters. The van der Waals surface area contributed by atoms with Crippen LogP contribution in [0.4, 0.5) is 10.5 Å². The molecule has 4 aliphatic rings. The number of benzene rings is 3. The van der Waals surface area contributed by atoms with Gasteiger partial charge >= 0.3 is 6.03 Å².